The van der Waals surface area contributed by atoms with Gasteiger partial charge in [-0.05, 0) is 18.1 Å². The summed E-state index contributed by atoms with van der Waals surface area (Å²) in [4.78, 5) is 24.4. The molecule has 0 fully saturated rings. The summed E-state index contributed by atoms with van der Waals surface area (Å²) in [5.74, 6) is -0.662. The molecule has 3 heteroatoms. The molecule has 1 unspecified atom stereocenters. The molecule has 1 atom stereocenters. The standard InChI is InChI=1S/C20H20O3/c1-2-9-18(20(22)17-12-7-4-8-13-17)23-19(21)15-14-16-10-5-3-6-11-16/h3-8,10-15,18H,2,9H2,1H3/b15-14+. The van der Waals surface area contributed by atoms with Gasteiger partial charge in [0.25, 0.3) is 0 Å². The molecule has 2 aromatic rings. The molecule has 0 aliphatic heterocycles. The molecular weight excluding hydrogens is 288 g/mol. The Kier molecular flexibility index (Phi) is 6.30. The third-order valence-corrected chi connectivity index (χ3v) is 3.37. The first-order valence-corrected chi connectivity index (χ1v) is 7.73. The summed E-state index contributed by atoms with van der Waals surface area (Å²) in [5, 5.41) is 0. The van der Waals surface area contributed by atoms with E-state index in [-0.39, 0.29) is 5.78 Å². The van der Waals surface area contributed by atoms with Crippen molar-refractivity contribution in [1.82, 2.24) is 0 Å². The van der Waals surface area contributed by atoms with Gasteiger partial charge in [0.1, 0.15) is 0 Å². The smallest absolute Gasteiger partial charge is 0.331 e. The predicted molar refractivity (Wildman–Crippen MR) is 91.0 cm³/mol. The Bertz CT molecular complexity index is 660. The van der Waals surface area contributed by atoms with Crippen molar-refractivity contribution in [3.63, 3.8) is 0 Å². The number of ketones is 1. The molecule has 0 N–H and O–H groups in total. The Hall–Kier alpha value is -2.68. The van der Waals surface area contributed by atoms with E-state index in [0.29, 0.717) is 12.0 Å². The maximum Gasteiger partial charge on any atom is 0.331 e. The average molecular weight is 308 g/mol. The number of carbonyl (C=O) groups excluding carboxylic acids is 2. The van der Waals surface area contributed by atoms with E-state index in [1.54, 1.807) is 30.3 Å². The molecule has 3 nitrogen and oxygen atoms in total. The van der Waals surface area contributed by atoms with Crippen LogP contribution in [0.15, 0.2) is 66.7 Å². The molecule has 2 aromatic carbocycles. The summed E-state index contributed by atoms with van der Waals surface area (Å²) in [6.45, 7) is 1.96. The van der Waals surface area contributed by atoms with E-state index in [4.69, 9.17) is 4.74 Å². The van der Waals surface area contributed by atoms with Crippen LogP contribution in [0.3, 0.4) is 0 Å². The Morgan fingerprint density at radius 2 is 1.61 bits per heavy atom. The van der Waals surface area contributed by atoms with E-state index < -0.39 is 12.1 Å². The molecule has 0 radical (unpaired) electrons. The number of hydrogen-bond donors (Lipinski definition) is 0. The van der Waals surface area contributed by atoms with E-state index in [1.165, 1.54) is 6.08 Å². The molecule has 0 bridgehead atoms. The van der Waals surface area contributed by atoms with Crippen LogP contribution in [-0.4, -0.2) is 17.9 Å². The first kappa shape index (κ1) is 16.7. The van der Waals surface area contributed by atoms with Gasteiger partial charge in [0.15, 0.2) is 6.10 Å². The number of rotatable bonds is 7. The maximum atomic E-state index is 12.4. The number of ether oxygens (including phenoxy) is 1. The van der Waals surface area contributed by atoms with Gasteiger partial charge in [0, 0.05) is 11.6 Å². The van der Waals surface area contributed by atoms with Crippen LogP contribution in [0.4, 0.5) is 0 Å². The lowest BCUT2D eigenvalue weighted by Gasteiger charge is -2.15. The molecule has 23 heavy (non-hydrogen) atoms. The lowest BCUT2D eigenvalue weighted by molar-refractivity contribution is -0.141. The minimum Gasteiger partial charge on any atom is -0.451 e. The lowest BCUT2D eigenvalue weighted by atomic mass is 10.0. The van der Waals surface area contributed by atoms with Crippen molar-refractivity contribution in [3.05, 3.63) is 77.9 Å². The summed E-state index contributed by atoms with van der Waals surface area (Å²) in [6, 6.07) is 18.4. The molecule has 0 saturated heterocycles. The highest BCUT2D eigenvalue weighted by molar-refractivity contribution is 6.01. The predicted octanol–water partition coefficient (Wildman–Crippen LogP) is 4.29. The monoisotopic (exact) mass is 308 g/mol. The van der Waals surface area contributed by atoms with Gasteiger partial charge in [0.05, 0.1) is 0 Å². The van der Waals surface area contributed by atoms with E-state index in [2.05, 4.69) is 0 Å². The van der Waals surface area contributed by atoms with Gasteiger partial charge in [0.2, 0.25) is 5.78 Å². The Balaban J connectivity index is 2.03. The van der Waals surface area contributed by atoms with Crippen molar-refractivity contribution >= 4 is 17.8 Å². The normalized spacial score (nSPS) is 12.0. The van der Waals surface area contributed by atoms with Crippen LogP contribution < -0.4 is 0 Å². The largest absolute Gasteiger partial charge is 0.451 e. The lowest BCUT2D eigenvalue weighted by Crippen LogP contribution is -2.26. The van der Waals surface area contributed by atoms with Gasteiger partial charge in [-0.1, -0.05) is 74.0 Å². The molecule has 0 saturated carbocycles. The second-order valence-electron chi connectivity index (χ2n) is 5.19. The number of hydrogen-bond acceptors (Lipinski definition) is 3. The molecular formula is C20H20O3. The molecule has 2 rings (SSSR count). The summed E-state index contributed by atoms with van der Waals surface area (Å²) in [6.07, 6.45) is 3.57. The molecule has 0 aliphatic carbocycles. The first-order chi connectivity index (χ1) is 11.2. The molecule has 0 aliphatic rings. The van der Waals surface area contributed by atoms with Crippen molar-refractivity contribution in [2.45, 2.75) is 25.9 Å². The third kappa shape index (κ3) is 5.22. The van der Waals surface area contributed by atoms with Crippen LogP contribution in [0.25, 0.3) is 6.08 Å². The van der Waals surface area contributed by atoms with Crippen molar-refractivity contribution < 1.29 is 14.3 Å². The number of Topliss-reactive ketones (excluding diaryl/α,β-unsaturated/α-hetero) is 1. The van der Waals surface area contributed by atoms with Crippen LogP contribution in [0.5, 0.6) is 0 Å². The summed E-state index contributed by atoms with van der Waals surface area (Å²) < 4.78 is 5.35. The highest BCUT2D eigenvalue weighted by Crippen LogP contribution is 2.12. The van der Waals surface area contributed by atoms with Gasteiger partial charge >= 0.3 is 5.97 Å². The molecule has 0 amide bonds. The van der Waals surface area contributed by atoms with Crippen LogP contribution in [0, 0.1) is 0 Å². The fraction of sp³-hybridized carbons (Fsp3) is 0.200. The van der Waals surface area contributed by atoms with Gasteiger partial charge < -0.3 is 4.74 Å². The van der Waals surface area contributed by atoms with E-state index in [0.717, 1.165) is 12.0 Å². The van der Waals surface area contributed by atoms with Crippen molar-refractivity contribution in [1.29, 1.82) is 0 Å². The van der Waals surface area contributed by atoms with Crippen LogP contribution in [0.1, 0.15) is 35.7 Å². The molecule has 0 spiro atoms. The average Bonchev–Trinajstić information content (AvgIpc) is 2.60. The zero-order valence-corrected chi connectivity index (χ0v) is 13.1. The fourth-order valence-corrected chi connectivity index (χ4v) is 2.20. The molecule has 118 valence electrons. The van der Waals surface area contributed by atoms with Crippen molar-refractivity contribution in [2.24, 2.45) is 0 Å². The zero-order chi connectivity index (χ0) is 16.5. The first-order valence-electron chi connectivity index (χ1n) is 7.73. The second kappa shape index (κ2) is 8.69. The van der Waals surface area contributed by atoms with Gasteiger partial charge in [-0.15, -0.1) is 0 Å². The highest BCUT2D eigenvalue weighted by Gasteiger charge is 2.22. The summed E-state index contributed by atoms with van der Waals surface area (Å²) in [5.41, 5.74) is 1.47. The SMILES string of the molecule is CCCC(OC(=O)/C=C/c1ccccc1)C(=O)c1ccccc1. The van der Waals surface area contributed by atoms with Crippen LogP contribution in [0.2, 0.25) is 0 Å². The number of esters is 1. The maximum absolute atomic E-state index is 12.4. The fourth-order valence-electron chi connectivity index (χ4n) is 2.20. The van der Waals surface area contributed by atoms with Crippen LogP contribution >= 0.6 is 0 Å². The summed E-state index contributed by atoms with van der Waals surface area (Å²) in [7, 11) is 0. The number of benzene rings is 2. The molecule has 0 heterocycles. The van der Waals surface area contributed by atoms with Gasteiger partial charge in [-0.25, -0.2) is 4.79 Å². The Labute approximate surface area is 136 Å². The highest BCUT2D eigenvalue weighted by atomic mass is 16.5. The number of carbonyl (C=O) groups is 2. The van der Waals surface area contributed by atoms with Crippen molar-refractivity contribution in [2.75, 3.05) is 0 Å². The van der Waals surface area contributed by atoms with Gasteiger partial charge in [-0.2, -0.15) is 0 Å². The van der Waals surface area contributed by atoms with E-state index >= 15 is 0 Å². The van der Waals surface area contributed by atoms with E-state index in [9.17, 15) is 9.59 Å². The van der Waals surface area contributed by atoms with Gasteiger partial charge in [-0.3, -0.25) is 4.79 Å². The third-order valence-electron chi connectivity index (χ3n) is 3.37. The second-order valence-corrected chi connectivity index (χ2v) is 5.19. The van der Waals surface area contributed by atoms with Crippen molar-refractivity contribution in [3.8, 4) is 0 Å². The topological polar surface area (TPSA) is 43.4 Å². The Morgan fingerprint density at radius 3 is 2.22 bits per heavy atom. The summed E-state index contributed by atoms with van der Waals surface area (Å²) >= 11 is 0. The zero-order valence-electron chi connectivity index (χ0n) is 13.1. The quantitative estimate of drug-likeness (QED) is 0.435. The van der Waals surface area contributed by atoms with E-state index in [1.807, 2.05) is 43.3 Å². The molecule has 0 aromatic heterocycles. The minimum atomic E-state index is -0.740. The minimum absolute atomic E-state index is 0.158. The van der Waals surface area contributed by atoms with Crippen LogP contribution in [-0.2, 0) is 9.53 Å². The Morgan fingerprint density at radius 1 is 1.00 bits per heavy atom.